The van der Waals surface area contributed by atoms with Gasteiger partial charge in [0.25, 0.3) is 5.91 Å². The van der Waals surface area contributed by atoms with Gasteiger partial charge < -0.3 is 15.4 Å². The first-order valence-electron chi connectivity index (χ1n) is 10.1. The molecule has 0 aromatic heterocycles. The summed E-state index contributed by atoms with van der Waals surface area (Å²) in [6.07, 6.45) is -0.379. The lowest BCUT2D eigenvalue weighted by Crippen LogP contribution is -2.35. The largest absolute Gasteiger partial charge is 0.456 e. The van der Waals surface area contributed by atoms with Crippen LogP contribution < -0.4 is 10.6 Å². The lowest BCUT2D eigenvalue weighted by atomic mass is 10.1. The third-order valence-corrected chi connectivity index (χ3v) is 6.44. The smallest absolute Gasteiger partial charge is 0.307 e. The quantitative estimate of drug-likeness (QED) is 0.555. The fourth-order valence-electron chi connectivity index (χ4n) is 3.09. The number of aryl methyl sites for hydroxylation is 4. The van der Waals surface area contributed by atoms with Gasteiger partial charge in [-0.1, -0.05) is 35.4 Å². The second-order valence-corrected chi connectivity index (χ2v) is 9.75. The molecule has 0 spiro atoms. The summed E-state index contributed by atoms with van der Waals surface area (Å²) in [5.74, 6) is -2.31. The molecule has 32 heavy (non-hydrogen) atoms. The van der Waals surface area contributed by atoms with Crippen LogP contribution in [0.2, 0.25) is 0 Å². The predicted molar refractivity (Wildman–Crippen MR) is 121 cm³/mol. The molecule has 0 aliphatic rings. The Labute approximate surface area is 188 Å². The predicted octanol–water partition coefficient (Wildman–Crippen LogP) is 2.38. The fourth-order valence-corrected chi connectivity index (χ4v) is 4.31. The number of benzene rings is 2. The standard InChI is InChI=1S/C23H28N2O6S/c1-15-5-7-19(8-6-15)32(29,30)10-9-22(28)31-14-21(27)24-13-20(26)25-23-17(3)11-16(2)12-18(23)4/h5-8,11-12H,9-10,13-14H2,1-4H3,(H,24,27)(H,25,26). The molecule has 2 amide bonds. The first-order valence-corrected chi connectivity index (χ1v) is 11.7. The number of hydrogen-bond donors (Lipinski definition) is 2. The first kappa shape index (κ1) is 25.1. The van der Waals surface area contributed by atoms with Crippen molar-refractivity contribution in [2.45, 2.75) is 39.0 Å². The van der Waals surface area contributed by atoms with E-state index < -0.39 is 40.0 Å². The van der Waals surface area contributed by atoms with Gasteiger partial charge in [-0.05, 0) is 51.0 Å². The Hall–Kier alpha value is -3.20. The van der Waals surface area contributed by atoms with Crippen LogP contribution in [0, 0.1) is 27.7 Å². The Bertz CT molecular complexity index is 1080. The SMILES string of the molecule is Cc1ccc(S(=O)(=O)CCC(=O)OCC(=O)NCC(=O)Nc2c(C)cc(C)cc2C)cc1. The van der Waals surface area contributed by atoms with Gasteiger partial charge in [0.15, 0.2) is 16.4 Å². The molecule has 0 bridgehead atoms. The van der Waals surface area contributed by atoms with Gasteiger partial charge in [0, 0.05) is 5.69 Å². The monoisotopic (exact) mass is 460 g/mol. The van der Waals surface area contributed by atoms with Crippen LogP contribution in [0.4, 0.5) is 5.69 Å². The molecule has 0 heterocycles. The molecule has 0 atom stereocenters. The summed E-state index contributed by atoms with van der Waals surface area (Å²) in [6.45, 7) is 6.68. The van der Waals surface area contributed by atoms with Crippen molar-refractivity contribution in [2.75, 3.05) is 24.2 Å². The molecule has 2 N–H and O–H groups in total. The molecule has 2 aromatic rings. The summed E-state index contributed by atoms with van der Waals surface area (Å²) < 4.78 is 29.3. The molecule has 172 valence electrons. The minimum atomic E-state index is -3.63. The van der Waals surface area contributed by atoms with Gasteiger partial charge in [-0.3, -0.25) is 14.4 Å². The normalized spacial score (nSPS) is 11.0. The highest BCUT2D eigenvalue weighted by atomic mass is 32.2. The molecular formula is C23H28N2O6S. The molecule has 9 heteroatoms. The molecule has 2 aromatic carbocycles. The summed E-state index contributed by atoms with van der Waals surface area (Å²) in [7, 11) is -3.63. The van der Waals surface area contributed by atoms with E-state index in [-0.39, 0.29) is 17.9 Å². The zero-order valence-electron chi connectivity index (χ0n) is 18.7. The zero-order valence-corrected chi connectivity index (χ0v) is 19.5. The Balaban J connectivity index is 1.74. The second kappa shape index (κ2) is 10.9. The molecule has 0 unspecified atom stereocenters. The molecule has 0 aliphatic carbocycles. The van der Waals surface area contributed by atoms with Crippen molar-refractivity contribution >= 4 is 33.3 Å². The maximum atomic E-state index is 12.2. The Kier molecular flexibility index (Phi) is 8.54. The number of carbonyl (C=O) groups excluding carboxylic acids is 3. The number of esters is 1. The number of ether oxygens (including phenoxy) is 1. The van der Waals surface area contributed by atoms with Gasteiger partial charge >= 0.3 is 5.97 Å². The first-order chi connectivity index (χ1) is 15.0. The Morgan fingerprint density at radius 1 is 0.875 bits per heavy atom. The van der Waals surface area contributed by atoms with Crippen LogP contribution in [0.25, 0.3) is 0 Å². The van der Waals surface area contributed by atoms with Gasteiger partial charge in [-0.2, -0.15) is 0 Å². The summed E-state index contributed by atoms with van der Waals surface area (Å²) in [5.41, 5.74) is 4.52. The van der Waals surface area contributed by atoms with E-state index in [1.807, 2.05) is 39.8 Å². The van der Waals surface area contributed by atoms with E-state index in [0.717, 1.165) is 22.3 Å². The van der Waals surface area contributed by atoms with Crippen molar-refractivity contribution in [3.05, 3.63) is 58.7 Å². The van der Waals surface area contributed by atoms with Crippen LogP contribution in [0.3, 0.4) is 0 Å². The van der Waals surface area contributed by atoms with Crippen molar-refractivity contribution in [1.82, 2.24) is 5.32 Å². The van der Waals surface area contributed by atoms with Crippen molar-refractivity contribution in [3.63, 3.8) is 0 Å². The molecule has 0 saturated carbocycles. The van der Waals surface area contributed by atoms with Crippen molar-refractivity contribution < 1.29 is 27.5 Å². The van der Waals surface area contributed by atoms with Crippen LogP contribution >= 0.6 is 0 Å². The number of carbonyl (C=O) groups is 3. The van der Waals surface area contributed by atoms with E-state index >= 15 is 0 Å². The third-order valence-electron chi connectivity index (χ3n) is 4.71. The van der Waals surface area contributed by atoms with Gasteiger partial charge in [0.05, 0.1) is 23.6 Å². The Morgan fingerprint density at radius 3 is 2.06 bits per heavy atom. The second-order valence-electron chi connectivity index (χ2n) is 7.64. The Morgan fingerprint density at radius 2 is 1.47 bits per heavy atom. The highest BCUT2D eigenvalue weighted by Gasteiger charge is 2.18. The van der Waals surface area contributed by atoms with Gasteiger partial charge in [0.2, 0.25) is 5.91 Å². The van der Waals surface area contributed by atoms with Crippen LogP contribution in [-0.2, 0) is 29.0 Å². The molecule has 0 aliphatic heterocycles. The zero-order chi connectivity index (χ0) is 23.9. The number of rotatable bonds is 9. The number of sulfone groups is 1. The van der Waals surface area contributed by atoms with E-state index in [0.29, 0.717) is 5.69 Å². The molecular weight excluding hydrogens is 432 g/mol. The van der Waals surface area contributed by atoms with Crippen LogP contribution in [0.5, 0.6) is 0 Å². The lowest BCUT2D eigenvalue weighted by Gasteiger charge is -2.13. The van der Waals surface area contributed by atoms with E-state index in [2.05, 4.69) is 10.6 Å². The molecule has 0 saturated heterocycles. The number of anilines is 1. The molecule has 0 fully saturated rings. The topological polar surface area (TPSA) is 119 Å². The summed E-state index contributed by atoms with van der Waals surface area (Å²) in [5, 5.41) is 5.12. The highest BCUT2D eigenvalue weighted by Crippen LogP contribution is 2.21. The lowest BCUT2D eigenvalue weighted by molar-refractivity contribution is -0.148. The number of hydrogen-bond acceptors (Lipinski definition) is 6. The summed E-state index contributed by atoms with van der Waals surface area (Å²) in [6, 6.07) is 10.2. The van der Waals surface area contributed by atoms with Crippen molar-refractivity contribution in [3.8, 4) is 0 Å². The van der Waals surface area contributed by atoms with Crippen LogP contribution in [0.1, 0.15) is 28.7 Å². The van der Waals surface area contributed by atoms with Crippen molar-refractivity contribution in [2.24, 2.45) is 0 Å². The molecule has 8 nitrogen and oxygen atoms in total. The third kappa shape index (κ3) is 7.49. The maximum Gasteiger partial charge on any atom is 0.307 e. The number of nitrogens with one attached hydrogen (secondary N) is 2. The molecule has 0 radical (unpaired) electrons. The minimum absolute atomic E-state index is 0.124. The minimum Gasteiger partial charge on any atom is -0.456 e. The fraction of sp³-hybridized carbons (Fsp3) is 0.348. The maximum absolute atomic E-state index is 12.2. The van der Waals surface area contributed by atoms with E-state index in [4.69, 9.17) is 4.74 Å². The van der Waals surface area contributed by atoms with Gasteiger partial charge in [-0.15, -0.1) is 0 Å². The number of amides is 2. The van der Waals surface area contributed by atoms with Crippen LogP contribution in [-0.4, -0.2) is 45.1 Å². The van der Waals surface area contributed by atoms with Gasteiger partial charge in [0.1, 0.15) is 0 Å². The highest BCUT2D eigenvalue weighted by molar-refractivity contribution is 7.91. The molecule has 2 rings (SSSR count). The average molecular weight is 461 g/mol. The van der Waals surface area contributed by atoms with Crippen molar-refractivity contribution in [1.29, 1.82) is 0 Å². The van der Waals surface area contributed by atoms with E-state index in [9.17, 15) is 22.8 Å². The van der Waals surface area contributed by atoms with Gasteiger partial charge in [-0.25, -0.2) is 8.42 Å². The average Bonchev–Trinajstić information content (AvgIpc) is 2.72. The summed E-state index contributed by atoms with van der Waals surface area (Å²) in [4.78, 5) is 35.9. The summed E-state index contributed by atoms with van der Waals surface area (Å²) >= 11 is 0. The van der Waals surface area contributed by atoms with E-state index in [1.54, 1.807) is 12.1 Å². The van der Waals surface area contributed by atoms with Crippen LogP contribution in [0.15, 0.2) is 41.3 Å². The van der Waals surface area contributed by atoms with E-state index in [1.165, 1.54) is 12.1 Å².